The van der Waals surface area contributed by atoms with Gasteiger partial charge in [0, 0.05) is 25.3 Å². The minimum absolute atomic E-state index is 0.213. The zero-order valence-corrected chi connectivity index (χ0v) is 25.4. The van der Waals surface area contributed by atoms with Crippen LogP contribution in [0.3, 0.4) is 0 Å². The number of fused-ring (bicyclic) bond motifs is 2. The third kappa shape index (κ3) is 4.98. The van der Waals surface area contributed by atoms with Gasteiger partial charge in [0.2, 0.25) is 0 Å². The number of halogens is 1. The van der Waals surface area contributed by atoms with Gasteiger partial charge in [0.15, 0.2) is 17.3 Å². The van der Waals surface area contributed by atoms with Crippen LogP contribution in [-0.2, 0) is 23.6 Å². The van der Waals surface area contributed by atoms with Gasteiger partial charge in [0.1, 0.15) is 23.0 Å². The number of H-pyrrole nitrogens is 1. The number of benzene rings is 1. The Balaban J connectivity index is 0.997. The van der Waals surface area contributed by atoms with Gasteiger partial charge in [0.05, 0.1) is 41.4 Å². The van der Waals surface area contributed by atoms with Crippen LogP contribution in [0.2, 0.25) is 5.02 Å². The maximum absolute atomic E-state index is 6.49. The summed E-state index contributed by atoms with van der Waals surface area (Å²) >= 11 is 6.07. The predicted octanol–water partition coefficient (Wildman–Crippen LogP) is 5.39. The van der Waals surface area contributed by atoms with Crippen molar-refractivity contribution in [2.75, 3.05) is 19.7 Å². The highest BCUT2D eigenvalue weighted by Gasteiger charge is 2.42. The number of aromatic amines is 1. The monoisotopic (exact) mass is 612 g/mol. The Morgan fingerprint density at radius 1 is 1.05 bits per heavy atom. The van der Waals surface area contributed by atoms with E-state index in [0.29, 0.717) is 22.5 Å². The highest BCUT2D eigenvalue weighted by atomic mass is 35.5. The van der Waals surface area contributed by atoms with Crippen molar-refractivity contribution in [1.82, 2.24) is 39.6 Å². The summed E-state index contributed by atoms with van der Waals surface area (Å²) in [5, 5.41) is 8.88. The van der Waals surface area contributed by atoms with Crippen LogP contribution in [-0.4, -0.2) is 65.4 Å². The van der Waals surface area contributed by atoms with Gasteiger partial charge in [-0.1, -0.05) is 23.7 Å². The second-order valence-electron chi connectivity index (χ2n) is 12.0. The van der Waals surface area contributed by atoms with Gasteiger partial charge in [-0.2, -0.15) is 0 Å². The Hall–Kier alpha value is -4.06. The van der Waals surface area contributed by atoms with E-state index in [9.17, 15) is 0 Å². The number of likely N-dealkylation sites (tertiary alicyclic amines) is 1. The summed E-state index contributed by atoms with van der Waals surface area (Å²) in [6.07, 6.45) is 6.82. The van der Waals surface area contributed by atoms with Crippen molar-refractivity contribution in [3.8, 4) is 23.0 Å². The van der Waals surface area contributed by atoms with Crippen LogP contribution in [0, 0.1) is 6.92 Å². The molecule has 0 aliphatic carbocycles. The molecule has 2 fully saturated rings. The highest BCUT2D eigenvalue weighted by molar-refractivity contribution is 6.30. The quantitative estimate of drug-likeness (QED) is 0.258. The fourth-order valence-electron chi connectivity index (χ4n) is 6.44. The molecule has 226 valence electrons. The van der Waals surface area contributed by atoms with E-state index in [1.807, 2.05) is 44.3 Å². The van der Waals surface area contributed by atoms with Crippen LogP contribution < -0.4 is 9.47 Å². The second kappa shape index (κ2) is 10.8. The standard InChI is InChI=1S/C32H33ClN8O3/c1-19-36-31(39-38-19)25-14-24-26(16-34-25)41(17-22-10-13-42-22)29(37-24)18-40-11-8-20(9-12-40)23-4-3-5-27-30(23)44-32(2,43-27)28-7-6-21(33)15-35-28/h3-7,14-16,20,22H,8-13,17-18H2,1-2H3,(H,36,38,39). The third-order valence-electron chi connectivity index (χ3n) is 8.93. The maximum Gasteiger partial charge on any atom is 0.292 e. The van der Waals surface area contributed by atoms with E-state index in [0.717, 1.165) is 91.9 Å². The van der Waals surface area contributed by atoms with Crippen molar-refractivity contribution in [3.63, 3.8) is 0 Å². The van der Waals surface area contributed by atoms with Gasteiger partial charge >= 0.3 is 0 Å². The van der Waals surface area contributed by atoms with Crippen molar-refractivity contribution < 1.29 is 14.2 Å². The molecule has 1 N–H and O–H groups in total. The van der Waals surface area contributed by atoms with E-state index in [2.05, 4.69) is 46.7 Å². The van der Waals surface area contributed by atoms with Crippen LogP contribution in [0.1, 0.15) is 55.0 Å². The number of pyridine rings is 2. The van der Waals surface area contributed by atoms with E-state index in [-0.39, 0.29) is 6.10 Å². The van der Waals surface area contributed by atoms with Crippen molar-refractivity contribution in [2.24, 2.45) is 0 Å². The first-order valence-electron chi connectivity index (χ1n) is 15.1. The van der Waals surface area contributed by atoms with Gasteiger partial charge in [-0.25, -0.2) is 4.98 Å². The first kappa shape index (κ1) is 27.5. The summed E-state index contributed by atoms with van der Waals surface area (Å²) in [5.74, 6) is 3.38. The molecule has 0 bridgehead atoms. The van der Waals surface area contributed by atoms with Crippen molar-refractivity contribution in [3.05, 3.63) is 76.7 Å². The fraction of sp³-hybridized carbons (Fsp3) is 0.406. The number of para-hydroxylation sites is 1. The molecule has 12 heteroatoms. The Morgan fingerprint density at radius 3 is 2.64 bits per heavy atom. The summed E-state index contributed by atoms with van der Waals surface area (Å²) in [4.78, 5) is 19.9. The minimum atomic E-state index is -0.992. The zero-order chi connectivity index (χ0) is 29.8. The molecular weight excluding hydrogens is 580 g/mol. The number of hydrogen-bond acceptors (Lipinski definition) is 9. The van der Waals surface area contributed by atoms with Gasteiger partial charge in [-0.05, 0) is 69.5 Å². The molecule has 4 aromatic heterocycles. The van der Waals surface area contributed by atoms with Gasteiger partial charge < -0.3 is 23.8 Å². The third-order valence-corrected chi connectivity index (χ3v) is 9.15. The first-order chi connectivity index (χ1) is 21.4. The van der Waals surface area contributed by atoms with Crippen LogP contribution in [0.25, 0.3) is 22.6 Å². The van der Waals surface area contributed by atoms with Crippen molar-refractivity contribution in [1.29, 1.82) is 0 Å². The number of imidazole rings is 1. The lowest BCUT2D eigenvalue weighted by Gasteiger charge is -2.33. The smallest absolute Gasteiger partial charge is 0.292 e. The minimum Gasteiger partial charge on any atom is -0.443 e. The Morgan fingerprint density at radius 2 is 1.91 bits per heavy atom. The highest BCUT2D eigenvalue weighted by Crippen LogP contribution is 2.49. The Labute approximate surface area is 259 Å². The molecule has 0 radical (unpaired) electrons. The van der Waals surface area contributed by atoms with Crippen molar-refractivity contribution >= 4 is 22.6 Å². The first-order valence-corrected chi connectivity index (χ1v) is 15.5. The van der Waals surface area contributed by atoms with E-state index >= 15 is 0 Å². The average Bonchev–Trinajstić information content (AvgIpc) is 3.69. The number of aromatic nitrogens is 7. The molecule has 3 aliphatic rings. The number of hydrogen-bond donors (Lipinski definition) is 1. The number of piperidine rings is 1. The second-order valence-corrected chi connectivity index (χ2v) is 12.4. The molecule has 11 nitrogen and oxygen atoms in total. The Bertz CT molecular complexity index is 1830. The summed E-state index contributed by atoms with van der Waals surface area (Å²) in [5.41, 5.74) is 4.53. The lowest BCUT2D eigenvalue weighted by Crippen LogP contribution is -2.35. The molecule has 1 aromatic carbocycles. The normalized spacial score (nSPS) is 22.0. The molecule has 7 heterocycles. The number of aryl methyl sites for hydroxylation is 1. The molecule has 2 atom stereocenters. The number of ether oxygens (including phenoxy) is 3. The topological polar surface area (TPSA) is 116 Å². The van der Waals surface area contributed by atoms with Crippen LogP contribution in [0.4, 0.5) is 0 Å². The maximum atomic E-state index is 6.49. The summed E-state index contributed by atoms with van der Waals surface area (Å²) < 4.78 is 20.9. The fourth-order valence-corrected chi connectivity index (χ4v) is 6.55. The number of nitrogens with one attached hydrogen (secondary N) is 1. The molecule has 0 saturated carbocycles. The molecule has 3 aliphatic heterocycles. The zero-order valence-electron chi connectivity index (χ0n) is 24.7. The molecule has 2 saturated heterocycles. The molecule has 8 rings (SSSR count). The average molecular weight is 613 g/mol. The summed E-state index contributed by atoms with van der Waals surface area (Å²) in [6.45, 7) is 8.05. The lowest BCUT2D eigenvalue weighted by atomic mass is 9.88. The predicted molar refractivity (Wildman–Crippen MR) is 164 cm³/mol. The molecule has 44 heavy (non-hydrogen) atoms. The number of rotatable bonds is 7. The van der Waals surface area contributed by atoms with Crippen molar-refractivity contribution in [2.45, 2.75) is 64.0 Å². The molecule has 0 spiro atoms. The Kier molecular flexibility index (Phi) is 6.77. The largest absolute Gasteiger partial charge is 0.443 e. The summed E-state index contributed by atoms with van der Waals surface area (Å²) in [6, 6.07) is 11.8. The van der Waals surface area contributed by atoms with Crippen LogP contribution >= 0.6 is 11.6 Å². The molecule has 0 amide bonds. The van der Waals surface area contributed by atoms with Gasteiger partial charge in [-0.15, -0.1) is 10.2 Å². The van der Waals surface area contributed by atoms with Gasteiger partial charge in [0.25, 0.3) is 5.79 Å². The molecule has 2 unspecified atom stereocenters. The van der Waals surface area contributed by atoms with E-state index in [1.54, 1.807) is 6.20 Å². The van der Waals surface area contributed by atoms with E-state index < -0.39 is 5.79 Å². The SMILES string of the molecule is Cc1nnc(-c2cc3nc(CN4CCC(c5cccc6c5OC(C)(c5ccc(Cl)cn5)O6)CC4)n(CC4CCO4)c3cn2)[nH]1. The lowest BCUT2D eigenvalue weighted by molar-refractivity contribution is -0.0722. The van der Waals surface area contributed by atoms with Crippen LogP contribution in [0.5, 0.6) is 11.5 Å². The van der Waals surface area contributed by atoms with Gasteiger partial charge in [-0.3, -0.25) is 14.9 Å². The van der Waals surface area contributed by atoms with E-state index in [4.69, 9.17) is 30.8 Å². The van der Waals surface area contributed by atoms with Crippen LogP contribution in [0.15, 0.2) is 48.8 Å². The number of nitrogens with zero attached hydrogens (tertiary/aromatic N) is 7. The molecular formula is C32H33ClN8O3. The molecule has 5 aromatic rings. The van der Waals surface area contributed by atoms with E-state index in [1.165, 1.54) is 5.56 Å². The summed E-state index contributed by atoms with van der Waals surface area (Å²) in [7, 11) is 0.